The quantitative estimate of drug-likeness (QED) is 0.636. The van der Waals surface area contributed by atoms with Crippen molar-refractivity contribution in [3.8, 4) is 0 Å². The summed E-state index contributed by atoms with van der Waals surface area (Å²) in [6.07, 6.45) is 1.76. The van der Waals surface area contributed by atoms with Crippen molar-refractivity contribution in [1.82, 2.24) is 5.32 Å². The highest BCUT2D eigenvalue weighted by Crippen LogP contribution is 2.29. The molecule has 0 rings (SSSR count). The molecular formula is C8H15F3N2OS. The Labute approximate surface area is 91.0 Å². The van der Waals surface area contributed by atoms with Crippen LogP contribution in [-0.2, 0) is 4.79 Å². The minimum Gasteiger partial charge on any atom is -0.370 e. The van der Waals surface area contributed by atoms with Crippen LogP contribution in [0.1, 0.15) is 19.3 Å². The first kappa shape index (κ1) is 14.6. The lowest BCUT2D eigenvalue weighted by Crippen LogP contribution is -2.20. The number of carbonyl (C=O) groups excluding carboxylic acids is 1. The number of thioether (sulfide) groups is 1. The largest absolute Gasteiger partial charge is 0.441 e. The lowest BCUT2D eigenvalue weighted by atomic mass is 10.2. The summed E-state index contributed by atoms with van der Waals surface area (Å²) in [5.41, 5.74) is 0.770. The van der Waals surface area contributed by atoms with Crippen LogP contribution in [-0.4, -0.2) is 30.3 Å². The van der Waals surface area contributed by atoms with E-state index in [2.05, 4.69) is 5.32 Å². The average Bonchev–Trinajstić information content (AvgIpc) is 2.07. The van der Waals surface area contributed by atoms with Gasteiger partial charge in [0, 0.05) is 18.7 Å². The van der Waals surface area contributed by atoms with Gasteiger partial charge in [0.15, 0.2) is 0 Å². The molecule has 0 fully saturated rings. The summed E-state index contributed by atoms with van der Waals surface area (Å²) in [6, 6.07) is 0. The minimum absolute atomic E-state index is 0.0132. The van der Waals surface area contributed by atoms with Gasteiger partial charge in [-0.25, -0.2) is 0 Å². The molecule has 0 saturated carbocycles. The zero-order valence-electron chi connectivity index (χ0n) is 8.27. The van der Waals surface area contributed by atoms with Crippen LogP contribution >= 0.6 is 11.8 Å². The Morgan fingerprint density at radius 1 is 1.27 bits per heavy atom. The maximum absolute atomic E-state index is 11.7. The van der Waals surface area contributed by atoms with Crippen LogP contribution in [0.15, 0.2) is 0 Å². The zero-order valence-corrected chi connectivity index (χ0v) is 9.09. The first-order chi connectivity index (χ1) is 6.92. The Bertz CT molecular complexity index is 187. The van der Waals surface area contributed by atoms with Gasteiger partial charge in [0.1, 0.15) is 0 Å². The summed E-state index contributed by atoms with van der Waals surface area (Å²) in [5.74, 6) is -0.332. The van der Waals surface area contributed by atoms with Gasteiger partial charge in [-0.15, -0.1) is 0 Å². The van der Waals surface area contributed by atoms with E-state index < -0.39 is 5.51 Å². The first-order valence-corrected chi connectivity index (χ1v) is 5.60. The van der Waals surface area contributed by atoms with Crippen molar-refractivity contribution < 1.29 is 18.0 Å². The number of nitrogens with one attached hydrogen (secondary N) is 1. The summed E-state index contributed by atoms with van der Waals surface area (Å²) in [5, 5.41) is 2.86. The van der Waals surface area contributed by atoms with Crippen LogP contribution in [0.25, 0.3) is 0 Å². The van der Waals surface area contributed by atoms with Gasteiger partial charge in [-0.1, -0.05) is 0 Å². The molecule has 0 aromatic carbocycles. The van der Waals surface area contributed by atoms with Crippen molar-refractivity contribution >= 4 is 17.7 Å². The van der Waals surface area contributed by atoms with Gasteiger partial charge >= 0.3 is 5.51 Å². The molecule has 0 aliphatic rings. The molecule has 15 heavy (non-hydrogen) atoms. The molecule has 0 saturated heterocycles. The van der Waals surface area contributed by atoms with Gasteiger partial charge in [-0.05, 0) is 31.1 Å². The smallest absolute Gasteiger partial charge is 0.370 e. The highest BCUT2D eigenvalue weighted by molar-refractivity contribution is 8.00. The number of halogens is 3. The van der Waals surface area contributed by atoms with E-state index >= 15 is 0 Å². The summed E-state index contributed by atoms with van der Waals surface area (Å²) in [6.45, 7) is 0.937. The number of primary amides is 1. The molecule has 0 spiro atoms. The van der Waals surface area contributed by atoms with E-state index in [0.717, 1.165) is 6.42 Å². The molecular weight excluding hydrogens is 229 g/mol. The number of hydrogen-bond donors (Lipinski definition) is 2. The molecule has 7 heteroatoms. The van der Waals surface area contributed by atoms with Crippen molar-refractivity contribution in [2.75, 3.05) is 18.8 Å². The highest BCUT2D eigenvalue weighted by atomic mass is 32.2. The van der Waals surface area contributed by atoms with Crippen LogP contribution in [0, 0.1) is 0 Å². The fraction of sp³-hybridized carbons (Fsp3) is 0.875. The number of nitrogens with two attached hydrogens (primary N) is 1. The van der Waals surface area contributed by atoms with E-state index in [9.17, 15) is 18.0 Å². The van der Waals surface area contributed by atoms with Crippen molar-refractivity contribution in [3.63, 3.8) is 0 Å². The Balaban J connectivity index is 3.09. The van der Waals surface area contributed by atoms with Crippen molar-refractivity contribution in [3.05, 3.63) is 0 Å². The third kappa shape index (κ3) is 13.6. The number of carbonyl (C=O) groups is 1. The van der Waals surface area contributed by atoms with Gasteiger partial charge in [-0.3, -0.25) is 4.79 Å². The molecule has 0 unspecified atom stereocenters. The molecule has 1 amide bonds. The second kappa shape index (κ2) is 7.81. The Hall–Kier alpha value is -0.430. The normalized spacial score (nSPS) is 11.7. The maximum atomic E-state index is 11.7. The lowest BCUT2D eigenvalue weighted by Gasteiger charge is -2.06. The number of amides is 1. The molecule has 0 bridgehead atoms. The predicted molar refractivity (Wildman–Crippen MR) is 54.4 cm³/mol. The third-order valence-corrected chi connectivity index (χ3v) is 2.31. The summed E-state index contributed by atoms with van der Waals surface area (Å²) in [7, 11) is 0. The minimum atomic E-state index is -4.15. The molecule has 0 heterocycles. The third-order valence-electron chi connectivity index (χ3n) is 1.57. The van der Waals surface area contributed by atoms with Gasteiger partial charge in [0.05, 0.1) is 0 Å². The SMILES string of the molecule is NC(=O)CCCCNCCSC(F)(F)F. The fourth-order valence-electron chi connectivity index (χ4n) is 0.913. The predicted octanol–water partition coefficient (Wildman–Crippen LogP) is 1.48. The Morgan fingerprint density at radius 2 is 1.93 bits per heavy atom. The van der Waals surface area contributed by atoms with Gasteiger partial charge in [0.2, 0.25) is 5.91 Å². The van der Waals surface area contributed by atoms with Gasteiger partial charge in [-0.2, -0.15) is 13.2 Å². The maximum Gasteiger partial charge on any atom is 0.441 e. The molecule has 0 aliphatic carbocycles. The highest BCUT2D eigenvalue weighted by Gasteiger charge is 2.27. The average molecular weight is 244 g/mol. The Morgan fingerprint density at radius 3 is 2.47 bits per heavy atom. The molecule has 0 radical (unpaired) electrons. The van der Waals surface area contributed by atoms with Crippen LogP contribution in [0.3, 0.4) is 0 Å². The molecule has 0 aromatic rings. The van der Waals surface area contributed by atoms with E-state index in [4.69, 9.17) is 5.73 Å². The van der Waals surface area contributed by atoms with E-state index in [0.29, 0.717) is 25.9 Å². The topological polar surface area (TPSA) is 55.1 Å². The van der Waals surface area contributed by atoms with E-state index in [1.807, 2.05) is 0 Å². The monoisotopic (exact) mass is 244 g/mol. The number of hydrogen-bond acceptors (Lipinski definition) is 3. The molecule has 90 valence electrons. The van der Waals surface area contributed by atoms with Crippen LogP contribution in [0.4, 0.5) is 13.2 Å². The van der Waals surface area contributed by atoms with Crippen LogP contribution < -0.4 is 11.1 Å². The number of rotatable bonds is 8. The van der Waals surface area contributed by atoms with Crippen LogP contribution in [0.2, 0.25) is 0 Å². The van der Waals surface area contributed by atoms with E-state index in [1.165, 1.54) is 0 Å². The summed E-state index contributed by atoms with van der Waals surface area (Å²) >= 11 is -0.0344. The molecule has 3 nitrogen and oxygen atoms in total. The second-order valence-electron chi connectivity index (χ2n) is 2.97. The number of unbranched alkanes of at least 4 members (excludes halogenated alkanes) is 1. The first-order valence-electron chi connectivity index (χ1n) is 4.61. The second-order valence-corrected chi connectivity index (χ2v) is 4.13. The van der Waals surface area contributed by atoms with Crippen molar-refractivity contribution in [2.24, 2.45) is 5.73 Å². The molecule has 3 N–H and O–H groups in total. The summed E-state index contributed by atoms with van der Waals surface area (Å²) in [4.78, 5) is 10.3. The molecule has 0 atom stereocenters. The standard InChI is InChI=1S/C8H15F3N2OS/c9-8(10,11)15-6-5-13-4-2-1-3-7(12)14/h13H,1-6H2,(H2,12,14). The fourth-order valence-corrected chi connectivity index (χ4v) is 1.39. The molecule has 0 aliphatic heterocycles. The van der Waals surface area contributed by atoms with Gasteiger partial charge in [0.25, 0.3) is 0 Å². The number of alkyl halides is 3. The van der Waals surface area contributed by atoms with E-state index in [-0.39, 0.29) is 23.4 Å². The zero-order chi connectivity index (χ0) is 11.7. The summed E-state index contributed by atoms with van der Waals surface area (Å²) < 4.78 is 35.0. The Kier molecular flexibility index (Phi) is 7.59. The van der Waals surface area contributed by atoms with Crippen molar-refractivity contribution in [2.45, 2.75) is 24.8 Å². The van der Waals surface area contributed by atoms with E-state index in [1.54, 1.807) is 0 Å². The molecule has 0 aromatic heterocycles. The van der Waals surface area contributed by atoms with Gasteiger partial charge < -0.3 is 11.1 Å². The van der Waals surface area contributed by atoms with Crippen LogP contribution in [0.5, 0.6) is 0 Å². The lowest BCUT2D eigenvalue weighted by molar-refractivity contribution is -0.118. The van der Waals surface area contributed by atoms with Crippen molar-refractivity contribution in [1.29, 1.82) is 0 Å².